The summed E-state index contributed by atoms with van der Waals surface area (Å²) in [5.41, 5.74) is 3.39. The van der Waals surface area contributed by atoms with Crippen LogP contribution in [0.2, 0.25) is 0 Å². The van der Waals surface area contributed by atoms with E-state index in [1.54, 1.807) is 0 Å². The van der Waals surface area contributed by atoms with E-state index in [2.05, 4.69) is 44.4 Å². The summed E-state index contributed by atoms with van der Waals surface area (Å²) in [6, 6.07) is 3.92. The van der Waals surface area contributed by atoms with E-state index < -0.39 is 0 Å². The summed E-state index contributed by atoms with van der Waals surface area (Å²) in [5.74, 6) is 0. The molecule has 0 amide bonds. The molecule has 1 N–H and O–H groups in total. The fourth-order valence-corrected chi connectivity index (χ4v) is 1.94. The van der Waals surface area contributed by atoms with Crippen molar-refractivity contribution < 1.29 is 0 Å². The molecule has 2 aromatic heterocycles. The van der Waals surface area contributed by atoms with E-state index in [9.17, 15) is 0 Å². The van der Waals surface area contributed by atoms with Crippen LogP contribution in [0.5, 0.6) is 0 Å². The summed E-state index contributed by atoms with van der Waals surface area (Å²) >= 11 is 3.32. The maximum absolute atomic E-state index is 4.41. The first kappa shape index (κ1) is 12.1. The van der Waals surface area contributed by atoms with Crippen molar-refractivity contribution in [3.05, 3.63) is 40.4 Å². The molecule has 0 spiro atoms. The standard InChI is InChI=1S/C12H15BrN4/c1-3-11-9(8-17(2)16-11)6-14-10-4-5-12(13)15-7-10/h4-5,7-8,14H,3,6H2,1-2H3. The lowest BCUT2D eigenvalue weighted by Gasteiger charge is -2.05. The van der Waals surface area contributed by atoms with Crippen LogP contribution in [0.1, 0.15) is 18.2 Å². The molecule has 5 heteroatoms. The molecule has 0 aliphatic heterocycles. The predicted octanol–water partition coefficient (Wildman–Crippen LogP) is 2.75. The zero-order valence-electron chi connectivity index (χ0n) is 9.94. The molecule has 0 aliphatic rings. The lowest BCUT2D eigenvalue weighted by atomic mass is 10.2. The quantitative estimate of drug-likeness (QED) is 0.882. The zero-order valence-corrected chi connectivity index (χ0v) is 11.5. The fourth-order valence-electron chi connectivity index (χ4n) is 1.71. The van der Waals surface area contributed by atoms with Crippen molar-refractivity contribution in [2.75, 3.05) is 5.32 Å². The molecule has 90 valence electrons. The van der Waals surface area contributed by atoms with Crippen molar-refractivity contribution in [3.63, 3.8) is 0 Å². The third-order valence-corrected chi connectivity index (χ3v) is 3.01. The van der Waals surface area contributed by atoms with Crippen LogP contribution in [0.3, 0.4) is 0 Å². The average Bonchev–Trinajstić information content (AvgIpc) is 2.69. The molecular formula is C12H15BrN4. The third-order valence-electron chi connectivity index (χ3n) is 2.54. The van der Waals surface area contributed by atoms with Crippen molar-refractivity contribution in [1.82, 2.24) is 14.8 Å². The van der Waals surface area contributed by atoms with Gasteiger partial charge in [-0.15, -0.1) is 0 Å². The summed E-state index contributed by atoms with van der Waals surface area (Å²) in [5, 5.41) is 7.75. The van der Waals surface area contributed by atoms with Crippen molar-refractivity contribution in [1.29, 1.82) is 0 Å². The highest BCUT2D eigenvalue weighted by atomic mass is 79.9. The van der Waals surface area contributed by atoms with Gasteiger partial charge in [-0.25, -0.2) is 4.98 Å². The number of nitrogens with one attached hydrogen (secondary N) is 1. The Balaban J connectivity index is 2.04. The Labute approximate surface area is 109 Å². The molecule has 0 saturated carbocycles. The van der Waals surface area contributed by atoms with Crippen molar-refractivity contribution in [2.24, 2.45) is 7.05 Å². The molecule has 0 aliphatic carbocycles. The lowest BCUT2D eigenvalue weighted by Crippen LogP contribution is -2.01. The second-order valence-corrected chi connectivity index (χ2v) is 4.66. The topological polar surface area (TPSA) is 42.7 Å². The van der Waals surface area contributed by atoms with E-state index >= 15 is 0 Å². The molecule has 0 fully saturated rings. The molecule has 2 heterocycles. The Morgan fingerprint density at radius 1 is 1.41 bits per heavy atom. The van der Waals surface area contributed by atoms with E-state index in [1.807, 2.05) is 30.1 Å². The lowest BCUT2D eigenvalue weighted by molar-refractivity contribution is 0.746. The summed E-state index contributed by atoms with van der Waals surface area (Å²) in [6.07, 6.45) is 4.82. The second-order valence-electron chi connectivity index (χ2n) is 3.85. The van der Waals surface area contributed by atoms with Crippen molar-refractivity contribution in [3.8, 4) is 0 Å². The first-order chi connectivity index (χ1) is 8.19. The summed E-state index contributed by atoms with van der Waals surface area (Å²) in [4.78, 5) is 4.17. The van der Waals surface area contributed by atoms with E-state index in [-0.39, 0.29) is 0 Å². The highest BCUT2D eigenvalue weighted by Gasteiger charge is 2.05. The minimum absolute atomic E-state index is 0.778. The molecular weight excluding hydrogens is 280 g/mol. The first-order valence-corrected chi connectivity index (χ1v) is 6.35. The highest BCUT2D eigenvalue weighted by Crippen LogP contribution is 2.13. The molecule has 0 atom stereocenters. The normalized spacial score (nSPS) is 10.5. The molecule has 2 aromatic rings. The van der Waals surface area contributed by atoms with Gasteiger partial charge in [0, 0.05) is 25.4 Å². The van der Waals surface area contributed by atoms with Crippen molar-refractivity contribution >= 4 is 21.6 Å². The van der Waals surface area contributed by atoms with Gasteiger partial charge in [-0.1, -0.05) is 6.92 Å². The van der Waals surface area contributed by atoms with Gasteiger partial charge in [-0.2, -0.15) is 5.10 Å². The molecule has 0 aromatic carbocycles. The Bertz CT molecular complexity index is 490. The zero-order chi connectivity index (χ0) is 12.3. The van der Waals surface area contributed by atoms with Crippen LogP contribution >= 0.6 is 15.9 Å². The average molecular weight is 295 g/mol. The number of aryl methyl sites for hydroxylation is 2. The minimum Gasteiger partial charge on any atom is -0.380 e. The van der Waals surface area contributed by atoms with Gasteiger partial charge in [0.2, 0.25) is 0 Å². The Hall–Kier alpha value is -1.36. The second kappa shape index (κ2) is 5.31. The fraction of sp³-hybridized carbons (Fsp3) is 0.333. The number of pyridine rings is 1. The maximum Gasteiger partial charge on any atom is 0.106 e. The number of aromatic nitrogens is 3. The van der Waals surface area contributed by atoms with Gasteiger partial charge in [0.25, 0.3) is 0 Å². The van der Waals surface area contributed by atoms with Gasteiger partial charge in [0.05, 0.1) is 17.6 Å². The minimum atomic E-state index is 0.778. The van der Waals surface area contributed by atoms with Crippen molar-refractivity contribution in [2.45, 2.75) is 19.9 Å². The van der Waals surface area contributed by atoms with Crippen LogP contribution in [0.4, 0.5) is 5.69 Å². The van der Waals surface area contributed by atoms with E-state index in [1.165, 1.54) is 5.56 Å². The molecule has 0 saturated heterocycles. The van der Waals surface area contributed by atoms with Gasteiger partial charge in [0.1, 0.15) is 4.60 Å². The van der Waals surface area contributed by atoms with Crippen LogP contribution in [0.25, 0.3) is 0 Å². The third kappa shape index (κ3) is 3.06. The number of anilines is 1. The van der Waals surface area contributed by atoms with Crippen LogP contribution in [-0.2, 0) is 20.0 Å². The van der Waals surface area contributed by atoms with E-state index in [0.29, 0.717) is 0 Å². The first-order valence-electron chi connectivity index (χ1n) is 5.56. The Kier molecular flexibility index (Phi) is 3.78. The maximum atomic E-state index is 4.41. The molecule has 0 unspecified atom stereocenters. The SMILES string of the molecule is CCc1nn(C)cc1CNc1ccc(Br)nc1. The van der Waals surface area contributed by atoms with E-state index in [0.717, 1.165) is 29.0 Å². The van der Waals surface area contributed by atoms with Crippen LogP contribution in [0.15, 0.2) is 29.1 Å². The van der Waals surface area contributed by atoms with Crippen LogP contribution in [-0.4, -0.2) is 14.8 Å². The van der Waals surface area contributed by atoms with Crippen LogP contribution in [0, 0.1) is 0 Å². The predicted molar refractivity (Wildman–Crippen MR) is 71.8 cm³/mol. The molecule has 4 nitrogen and oxygen atoms in total. The number of hydrogen-bond acceptors (Lipinski definition) is 3. The highest BCUT2D eigenvalue weighted by molar-refractivity contribution is 9.10. The van der Waals surface area contributed by atoms with E-state index in [4.69, 9.17) is 0 Å². The molecule has 17 heavy (non-hydrogen) atoms. The Morgan fingerprint density at radius 2 is 2.24 bits per heavy atom. The molecule has 2 rings (SSSR count). The van der Waals surface area contributed by atoms with Gasteiger partial charge in [-0.3, -0.25) is 4.68 Å². The number of rotatable bonds is 4. The van der Waals surface area contributed by atoms with Crippen LogP contribution < -0.4 is 5.32 Å². The summed E-state index contributed by atoms with van der Waals surface area (Å²) in [6.45, 7) is 2.90. The Morgan fingerprint density at radius 3 is 2.88 bits per heavy atom. The summed E-state index contributed by atoms with van der Waals surface area (Å²) in [7, 11) is 1.95. The molecule has 0 radical (unpaired) electrons. The summed E-state index contributed by atoms with van der Waals surface area (Å²) < 4.78 is 2.70. The largest absolute Gasteiger partial charge is 0.380 e. The number of hydrogen-bond donors (Lipinski definition) is 1. The molecule has 0 bridgehead atoms. The van der Waals surface area contributed by atoms with Gasteiger partial charge >= 0.3 is 0 Å². The van der Waals surface area contributed by atoms with Gasteiger partial charge in [0.15, 0.2) is 0 Å². The van der Waals surface area contributed by atoms with Gasteiger partial charge < -0.3 is 5.32 Å². The number of halogens is 1. The van der Waals surface area contributed by atoms with Gasteiger partial charge in [-0.05, 0) is 34.5 Å². The smallest absolute Gasteiger partial charge is 0.106 e. The monoisotopic (exact) mass is 294 g/mol. The number of nitrogens with zero attached hydrogens (tertiary/aromatic N) is 3.